The first-order valence-corrected chi connectivity index (χ1v) is 13.9. The van der Waals surface area contributed by atoms with Crippen LogP contribution < -0.4 is 29.7 Å². The molecule has 0 fully saturated rings. The number of anilines is 3. The Hall–Kier alpha value is -5.29. The molecule has 0 unspecified atom stereocenters. The Balaban J connectivity index is 1.26. The number of rotatable bonds is 8. The largest absolute Gasteiger partial charge is 0.495 e. The van der Waals surface area contributed by atoms with Gasteiger partial charge in [-0.25, -0.2) is 9.29 Å². The lowest BCUT2D eigenvalue weighted by atomic mass is 10.2. The van der Waals surface area contributed by atoms with Crippen LogP contribution in [-0.2, 0) is 9.59 Å². The number of benzene rings is 4. The summed E-state index contributed by atoms with van der Waals surface area (Å²) in [4.78, 5) is 41.9. The quantitative estimate of drug-likeness (QED) is 0.234. The van der Waals surface area contributed by atoms with E-state index in [0.29, 0.717) is 39.1 Å². The van der Waals surface area contributed by atoms with E-state index in [4.69, 9.17) is 14.2 Å². The van der Waals surface area contributed by atoms with Crippen molar-refractivity contribution in [1.29, 1.82) is 0 Å². The van der Waals surface area contributed by atoms with Crippen LogP contribution in [0.4, 0.5) is 21.5 Å². The number of ether oxygens (including phenoxy) is 3. The number of hydrogen-bond acceptors (Lipinski definition) is 8. The third-order valence-corrected chi connectivity index (χ3v) is 7.80. The van der Waals surface area contributed by atoms with Crippen molar-refractivity contribution < 1.29 is 33.0 Å². The van der Waals surface area contributed by atoms with E-state index in [9.17, 15) is 18.8 Å². The normalized spacial score (nSPS) is 13.9. The van der Waals surface area contributed by atoms with Crippen LogP contribution >= 0.6 is 11.8 Å². The van der Waals surface area contributed by atoms with Gasteiger partial charge in [-0.15, -0.1) is 0 Å². The van der Waals surface area contributed by atoms with Crippen molar-refractivity contribution in [1.82, 2.24) is 0 Å². The van der Waals surface area contributed by atoms with Crippen LogP contribution in [0.15, 0.2) is 100 Å². The molecule has 0 atom stereocenters. The van der Waals surface area contributed by atoms with Crippen molar-refractivity contribution in [3.63, 3.8) is 0 Å². The molecule has 0 saturated heterocycles. The standard InChI is InChI=1S/C32H24FN3O6S/c1-18-3-13-25(40-2)24(15-18)35-28-29(32(39)36(31(28)38)22-9-5-20(33)6-10-22)43-23-11-7-21(8-12-23)34-30(37)19-4-14-26-27(16-19)42-17-41-26/h3-16,35H,17H2,1-2H3,(H,34,37). The fraction of sp³-hybridized carbons (Fsp3) is 0.0938. The fourth-order valence-corrected chi connectivity index (χ4v) is 5.49. The molecule has 0 saturated carbocycles. The van der Waals surface area contributed by atoms with Crippen LogP contribution in [0.3, 0.4) is 0 Å². The van der Waals surface area contributed by atoms with Crippen LogP contribution in [0.1, 0.15) is 15.9 Å². The maximum Gasteiger partial charge on any atom is 0.283 e. The van der Waals surface area contributed by atoms with Gasteiger partial charge in [0.1, 0.15) is 22.2 Å². The van der Waals surface area contributed by atoms with Gasteiger partial charge in [0, 0.05) is 16.1 Å². The smallest absolute Gasteiger partial charge is 0.283 e. The summed E-state index contributed by atoms with van der Waals surface area (Å²) >= 11 is 1.09. The highest BCUT2D eigenvalue weighted by Crippen LogP contribution is 2.39. The fourth-order valence-electron chi connectivity index (χ4n) is 4.56. The monoisotopic (exact) mass is 597 g/mol. The molecule has 9 nitrogen and oxygen atoms in total. The van der Waals surface area contributed by atoms with Crippen LogP contribution in [0.25, 0.3) is 0 Å². The number of methoxy groups -OCH3 is 1. The summed E-state index contributed by atoms with van der Waals surface area (Å²) in [5.41, 5.74) is 2.67. The highest BCUT2D eigenvalue weighted by molar-refractivity contribution is 8.04. The molecule has 2 aliphatic heterocycles. The number of hydrogen-bond donors (Lipinski definition) is 2. The lowest BCUT2D eigenvalue weighted by Crippen LogP contribution is -2.32. The number of halogens is 1. The Morgan fingerprint density at radius 3 is 2.40 bits per heavy atom. The SMILES string of the molecule is COc1ccc(C)cc1NC1=C(Sc2ccc(NC(=O)c3ccc4c(c3)OCO4)cc2)C(=O)N(c2ccc(F)cc2)C1=O. The summed E-state index contributed by atoms with van der Waals surface area (Å²) in [6.45, 7) is 2.01. The molecule has 0 spiro atoms. The minimum atomic E-state index is -0.588. The van der Waals surface area contributed by atoms with Crippen LogP contribution in [0.2, 0.25) is 0 Å². The number of imide groups is 1. The second kappa shape index (κ2) is 11.5. The summed E-state index contributed by atoms with van der Waals surface area (Å²) in [5.74, 6) is -0.382. The van der Waals surface area contributed by atoms with E-state index in [-0.39, 0.29) is 29.0 Å². The van der Waals surface area contributed by atoms with Gasteiger partial charge in [-0.05, 0) is 91.3 Å². The summed E-state index contributed by atoms with van der Waals surface area (Å²) in [6.07, 6.45) is 0. The van der Waals surface area contributed by atoms with Gasteiger partial charge in [0.05, 0.1) is 18.5 Å². The number of carbonyl (C=O) groups excluding carboxylic acids is 3. The Bertz CT molecular complexity index is 1790. The van der Waals surface area contributed by atoms with Crippen molar-refractivity contribution in [2.45, 2.75) is 11.8 Å². The Morgan fingerprint density at radius 2 is 1.65 bits per heavy atom. The zero-order chi connectivity index (χ0) is 30.1. The van der Waals surface area contributed by atoms with Crippen molar-refractivity contribution >= 4 is 46.5 Å². The van der Waals surface area contributed by atoms with Crippen molar-refractivity contribution in [3.05, 3.63) is 112 Å². The zero-order valence-electron chi connectivity index (χ0n) is 23.0. The Morgan fingerprint density at radius 1 is 0.907 bits per heavy atom. The van der Waals surface area contributed by atoms with Crippen molar-refractivity contribution in [2.75, 3.05) is 29.4 Å². The molecular weight excluding hydrogens is 573 g/mol. The molecule has 4 aromatic carbocycles. The molecule has 4 aromatic rings. The molecule has 2 aliphatic rings. The number of carbonyl (C=O) groups is 3. The molecule has 2 heterocycles. The van der Waals surface area contributed by atoms with E-state index in [2.05, 4.69) is 10.6 Å². The first kappa shape index (κ1) is 27.9. The molecule has 11 heteroatoms. The number of aryl methyl sites for hydroxylation is 1. The first-order valence-electron chi connectivity index (χ1n) is 13.1. The van der Waals surface area contributed by atoms with Gasteiger partial charge in [0.2, 0.25) is 6.79 Å². The number of amides is 3. The lowest BCUT2D eigenvalue weighted by molar-refractivity contribution is -0.120. The molecule has 3 amide bonds. The number of thioether (sulfide) groups is 1. The highest BCUT2D eigenvalue weighted by atomic mass is 32.2. The Labute approximate surface area is 250 Å². The van der Waals surface area contributed by atoms with Gasteiger partial charge in [-0.2, -0.15) is 0 Å². The number of fused-ring (bicyclic) bond motifs is 1. The van der Waals surface area contributed by atoms with Gasteiger partial charge in [0.25, 0.3) is 17.7 Å². The molecule has 6 rings (SSSR count). The zero-order valence-corrected chi connectivity index (χ0v) is 23.8. The molecule has 43 heavy (non-hydrogen) atoms. The average Bonchev–Trinajstić information content (AvgIpc) is 3.57. The van der Waals surface area contributed by atoms with E-state index >= 15 is 0 Å². The van der Waals surface area contributed by atoms with E-state index in [1.54, 1.807) is 48.5 Å². The summed E-state index contributed by atoms with van der Waals surface area (Å²) in [6, 6.07) is 22.4. The number of nitrogens with zero attached hydrogens (tertiary/aromatic N) is 1. The minimum absolute atomic E-state index is 0.0587. The van der Waals surface area contributed by atoms with Gasteiger partial charge >= 0.3 is 0 Å². The first-order chi connectivity index (χ1) is 20.8. The second-order valence-corrected chi connectivity index (χ2v) is 10.7. The highest BCUT2D eigenvalue weighted by Gasteiger charge is 2.40. The average molecular weight is 598 g/mol. The molecular formula is C32H24FN3O6S. The van der Waals surface area contributed by atoms with Crippen molar-refractivity contribution in [3.8, 4) is 17.2 Å². The topological polar surface area (TPSA) is 106 Å². The summed E-state index contributed by atoms with van der Waals surface area (Å²) < 4.78 is 29.7. The van der Waals surface area contributed by atoms with Crippen LogP contribution in [0.5, 0.6) is 17.2 Å². The predicted octanol–water partition coefficient (Wildman–Crippen LogP) is 6.11. The van der Waals surface area contributed by atoms with Gasteiger partial charge in [-0.3, -0.25) is 14.4 Å². The third-order valence-electron chi connectivity index (χ3n) is 6.71. The maximum absolute atomic E-state index is 13.7. The molecule has 0 aliphatic carbocycles. The van der Waals surface area contributed by atoms with Gasteiger partial charge < -0.3 is 24.8 Å². The Kier molecular flexibility index (Phi) is 7.47. The van der Waals surface area contributed by atoms with E-state index in [1.807, 2.05) is 19.1 Å². The van der Waals surface area contributed by atoms with Gasteiger partial charge in [0.15, 0.2) is 11.5 Å². The molecule has 2 N–H and O–H groups in total. The van der Waals surface area contributed by atoms with Crippen LogP contribution in [0, 0.1) is 12.7 Å². The summed E-state index contributed by atoms with van der Waals surface area (Å²) in [7, 11) is 1.51. The lowest BCUT2D eigenvalue weighted by Gasteiger charge is -2.16. The van der Waals surface area contributed by atoms with E-state index in [0.717, 1.165) is 22.2 Å². The van der Waals surface area contributed by atoms with E-state index < -0.39 is 17.6 Å². The van der Waals surface area contributed by atoms with Crippen molar-refractivity contribution in [2.24, 2.45) is 0 Å². The summed E-state index contributed by atoms with van der Waals surface area (Å²) in [5, 5.41) is 5.94. The minimum Gasteiger partial charge on any atom is -0.495 e. The van der Waals surface area contributed by atoms with Gasteiger partial charge in [-0.1, -0.05) is 17.8 Å². The molecule has 0 bridgehead atoms. The molecule has 0 radical (unpaired) electrons. The second-order valence-electron chi connectivity index (χ2n) is 9.60. The predicted molar refractivity (Wildman–Crippen MR) is 160 cm³/mol. The maximum atomic E-state index is 13.7. The number of nitrogens with one attached hydrogen (secondary N) is 2. The van der Waals surface area contributed by atoms with Crippen LogP contribution in [-0.4, -0.2) is 31.6 Å². The third kappa shape index (κ3) is 5.62. The molecule has 216 valence electrons. The molecule has 0 aromatic heterocycles. The van der Waals surface area contributed by atoms with E-state index in [1.165, 1.54) is 31.4 Å².